The lowest BCUT2D eigenvalue weighted by atomic mass is 9.87. The molecular weight excluding hydrogens is 454 g/mol. The number of anilines is 1. The number of nitrogens with two attached hydrogens (primary N) is 1. The highest BCUT2D eigenvalue weighted by molar-refractivity contribution is 7.14. The summed E-state index contributed by atoms with van der Waals surface area (Å²) in [7, 11) is 0. The molecule has 1 aromatic carbocycles. The number of ether oxygens (including phenoxy) is 1. The van der Waals surface area contributed by atoms with Crippen LogP contribution in [0.1, 0.15) is 59.4 Å². The van der Waals surface area contributed by atoms with Gasteiger partial charge in [-0.2, -0.15) is 0 Å². The Balaban J connectivity index is 1.24. The maximum atomic E-state index is 13.0. The molecule has 2 fully saturated rings. The van der Waals surface area contributed by atoms with Crippen LogP contribution in [0.5, 0.6) is 5.75 Å². The van der Waals surface area contributed by atoms with E-state index in [0.717, 1.165) is 29.4 Å². The lowest BCUT2D eigenvalue weighted by Crippen LogP contribution is -2.51. The Hall–Kier alpha value is -3.14. The topological polar surface area (TPSA) is 118 Å². The maximum absolute atomic E-state index is 13.0. The molecule has 4 amide bonds. The van der Waals surface area contributed by atoms with Gasteiger partial charge in [0, 0.05) is 37.1 Å². The number of amides is 4. The Morgan fingerprint density at radius 2 is 1.82 bits per heavy atom. The molecule has 1 aliphatic heterocycles. The van der Waals surface area contributed by atoms with Crippen molar-refractivity contribution in [3.63, 3.8) is 0 Å². The van der Waals surface area contributed by atoms with E-state index in [9.17, 15) is 14.4 Å². The van der Waals surface area contributed by atoms with Crippen molar-refractivity contribution >= 4 is 34.3 Å². The molecule has 0 bridgehead atoms. The molecule has 2 aromatic rings. The normalized spacial score (nSPS) is 16.8. The number of carbonyl (C=O) groups excluding carboxylic acids is 3. The van der Waals surface area contributed by atoms with E-state index >= 15 is 0 Å². The summed E-state index contributed by atoms with van der Waals surface area (Å²) in [6.45, 7) is 2.36. The molecule has 4 rings (SSSR count). The first-order valence-electron chi connectivity index (χ1n) is 11.8. The predicted molar refractivity (Wildman–Crippen MR) is 130 cm³/mol. The van der Waals surface area contributed by atoms with Crippen molar-refractivity contribution in [3.8, 4) is 5.75 Å². The van der Waals surface area contributed by atoms with Crippen molar-refractivity contribution in [2.24, 2.45) is 11.7 Å². The molecule has 1 aromatic heterocycles. The average molecular weight is 486 g/mol. The molecule has 34 heavy (non-hydrogen) atoms. The van der Waals surface area contributed by atoms with Crippen molar-refractivity contribution < 1.29 is 19.1 Å². The second-order valence-corrected chi connectivity index (χ2v) is 9.64. The maximum Gasteiger partial charge on any atom is 0.323 e. The molecule has 0 spiro atoms. The van der Waals surface area contributed by atoms with Crippen molar-refractivity contribution in [2.45, 2.75) is 38.5 Å². The Labute approximate surface area is 203 Å². The first kappa shape index (κ1) is 24.0. The summed E-state index contributed by atoms with van der Waals surface area (Å²) in [5.74, 6) is 0.776. The molecule has 0 radical (unpaired) electrons. The van der Waals surface area contributed by atoms with Crippen LogP contribution < -0.4 is 15.8 Å². The molecule has 2 heterocycles. The third kappa shape index (κ3) is 6.25. The Morgan fingerprint density at radius 3 is 2.53 bits per heavy atom. The third-order valence-electron chi connectivity index (χ3n) is 6.43. The zero-order valence-electron chi connectivity index (χ0n) is 19.2. The van der Waals surface area contributed by atoms with Gasteiger partial charge in [-0.15, -0.1) is 11.3 Å². The number of hydrogen-bond donors (Lipinski definition) is 2. The number of piperazine rings is 1. The predicted octanol–water partition coefficient (Wildman–Crippen LogP) is 3.58. The van der Waals surface area contributed by atoms with Crippen molar-refractivity contribution in [1.29, 1.82) is 0 Å². The smallest absolute Gasteiger partial charge is 0.323 e. The fourth-order valence-electron chi connectivity index (χ4n) is 4.45. The minimum absolute atomic E-state index is 0.0659. The van der Waals surface area contributed by atoms with Crippen LogP contribution >= 0.6 is 11.3 Å². The van der Waals surface area contributed by atoms with Crippen LogP contribution in [0.25, 0.3) is 0 Å². The van der Waals surface area contributed by atoms with Gasteiger partial charge in [0.25, 0.3) is 11.8 Å². The molecule has 2 aliphatic rings. The minimum Gasteiger partial charge on any atom is -0.494 e. The molecule has 0 atom stereocenters. The van der Waals surface area contributed by atoms with Gasteiger partial charge in [0.15, 0.2) is 5.13 Å². The lowest BCUT2D eigenvalue weighted by molar-refractivity contribution is 0.0671. The molecule has 1 saturated carbocycles. The Morgan fingerprint density at radius 1 is 1.09 bits per heavy atom. The van der Waals surface area contributed by atoms with Crippen LogP contribution in [-0.2, 0) is 0 Å². The summed E-state index contributed by atoms with van der Waals surface area (Å²) < 4.78 is 5.94. The van der Waals surface area contributed by atoms with Crippen LogP contribution in [0.15, 0.2) is 29.6 Å². The van der Waals surface area contributed by atoms with Gasteiger partial charge in [-0.1, -0.05) is 38.2 Å². The van der Waals surface area contributed by atoms with Crippen molar-refractivity contribution in [2.75, 3.05) is 38.1 Å². The highest BCUT2D eigenvalue weighted by atomic mass is 32.1. The molecule has 10 heteroatoms. The van der Waals surface area contributed by atoms with Gasteiger partial charge in [0.05, 0.1) is 6.61 Å². The second kappa shape index (κ2) is 11.3. The van der Waals surface area contributed by atoms with Crippen LogP contribution in [0, 0.1) is 5.92 Å². The summed E-state index contributed by atoms with van der Waals surface area (Å²) >= 11 is 1.14. The number of urea groups is 1. The van der Waals surface area contributed by atoms with E-state index in [4.69, 9.17) is 10.5 Å². The van der Waals surface area contributed by atoms with Gasteiger partial charge >= 0.3 is 6.03 Å². The number of aromatic nitrogens is 1. The molecule has 0 unspecified atom stereocenters. The second-order valence-electron chi connectivity index (χ2n) is 8.78. The fraction of sp³-hybridized carbons (Fsp3) is 0.500. The molecular formula is C24H31N5O4S. The summed E-state index contributed by atoms with van der Waals surface area (Å²) in [6, 6.07) is 7.03. The number of hydrogen-bond acceptors (Lipinski definition) is 6. The minimum atomic E-state index is -0.637. The number of rotatable bonds is 7. The molecule has 1 saturated heterocycles. The number of primary amides is 1. The van der Waals surface area contributed by atoms with Gasteiger partial charge in [-0.3, -0.25) is 14.9 Å². The van der Waals surface area contributed by atoms with E-state index in [1.807, 2.05) is 12.1 Å². The molecule has 1 aliphatic carbocycles. The van der Waals surface area contributed by atoms with Gasteiger partial charge < -0.3 is 20.3 Å². The van der Waals surface area contributed by atoms with E-state index in [1.165, 1.54) is 37.5 Å². The largest absolute Gasteiger partial charge is 0.494 e. The first-order chi connectivity index (χ1) is 16.5. The van der Waals surface area contributed by atoms with Crippen LogP contribution in [-0.4, -0.2) is 65.4 Å². The van der Waals surface area contributed by atoms with E-state index in [2.05, 4.69) is 10.3 Å². The number of thiazole rings is 1. The fourth-order valence-corrected chi connectivity index (χ4v) is 5.14. The van der Waals surface area contributed by atoms with Gasteiger partial charge in [0.1, 0.15) is 11.4 Å². The third-order valence-corrected chi connectivity index (χ3v) is 7.18. The van der Waals surface area contributed by atoms with E-state index < -0.39 is 5.91 Å². The van der Waals surface area contributed by atoms with E-state index in [-0.39, 0.29) is 17.6 Å². The quantitative estimate of drug-likeness (QED) is 0.622. The van der Waals surface area contributed by atoms with Gasteiger partial charge in [-0.05, 0) is 30.5 Å². The Kier molecular flexibility index (Phi) is 7.99. The van der Waals surface area contributed by atoms with Gasteiger partial charge in [0.2, 0.25) is 0 Å². The van der Waals surface area contributed by atoms with E-state index in [0.29, 0.717) is 43.5 Å². The number of benzene rings is 1. The SMILES string of the molecule is NC(=O)c1csc(NC(=O)N2CCN(C(=O)c3cccc(OCCC4CCCCC4)c3)CC2)n1. The Bertz CT molecular complexity index is 1010. The molecule has 3 N–H and O–H groups in total. The van der Waals surface area contributed by atoms with Crippen molar-refractivity contribution in [1.82, 2.24) is 14.8 Å². The number of carbonyl (C=O) groups is 3. The van der Waals surface area contributed by atoms with Crippen LogP contribution in [0.3, 0.4) is 0 Å². The monoisotopic (exact) mass is 485 g/mol. The zero-order valence-corrected chi connectivity index (χ0v) is 20.0. The lowest BCUT2D eigenvalue weighted by Gasteiger charge is -2.34. The highest BCUT2D eigenvalue weighted by Crippen LogP contribution is 2.26. The average Bonchev–Trinajstić information content (AvgIpc) is 3.33. The zero-order chi connectivity index (χ0) is 23.9. The summed E-state index contributed by atoms with van der Waals surface area (Å²) in [6.07, 6.45) is 7.65. The number of nitrogens with zero attached hydrogens (tertiary/aromatic N) is 3. The van der Waals surface area contributed by atoms with Crippen LogP contribution in [0.2, 0.25) is 0 Å². The molecule has 9 nitrogen and oxygen atoms in total. The van der Waals surface area contributed by atoms with Crippen LogP contribution in [0.4, 0.5) is 9.93 Å². The summed E-state index contributed by atoms with van der Waals surface area (Å²) in [5, 5.41) is 4.50. The highest BCUT2D eigenvalue weighted by Gasteiger charge is 2.26. The van der Waals surface area contributed by atoms with Gasteiger partial charge in [-0.25, -0.2) is 9.78 Å². The standard InChI is InChI=1S/C24H31N5O4S/c25-21(30)20-16-34-23(26-20)27-24(32)29-12-10-28(11-13-29)22(31)18-7-4-8-19(15-18)33-14-9-17-5-2-1-3-6-17/h4,7-8,15-17H,1-3,5-6,9-14H2,(H2,25,30)(H,26,27,32). The summed E-state index contributed by atoms with van der Waals surface area (Å²) in [5.41, 5.74) is 5.91. The number of nitrogens with one attached hydrogen (secondary N) is 1. The first-order valence-corrected chi connectivity index (χ1v) is 12.7. The van der Waals surface area contributed by atoms with Crippen molar-refractivity contribution in [3.05, 3.63) is 40.9 Å². The van der Waals surface area contributed by atoms with E-state index in [1.54, 1.807) is 21.9 Å². The summed E-state index contributed by atoms with van der Waals surface area (Å²) in [4.78, 5) is 44.0. The molecule has 182 valence electrons.